The molecule has 2 saturated heterocycles. The third-order valence-corrected chi connectivity index (χ3v) is 12.1. The van der Waals surface area contributed by atoms with Crippen LogP contribution in [0, 0.1) is 11.6 Å². The van der Waals surface area contributed by atoms with E-state index in [2.05, 4.69) is 24.5 Å². The van der Waals surface area contributed by atoms with E-state index in [1.807, 2.05) is 86.9 Å². The van der Waals surface area contributed by atoms with Crippen molar-refractivity contribution in [1.82, 2.24) is 29.6 Å². The van der Waals surface area contributed by atoms with E-state index in [1.165, 1.54) is 25.3 Å². The highest BCUT2D eigenvalue weighted by atomic mass is 19.1. The van der Waals surface area contributed by atoms with Gasteiger partial charge in [0.05, 0.1) is 32.3 Å². The zero-order valence-electron chi connectivity index (χ0n) is 38.4. The van der Waals surface area contributed by atoms with E-state index in [0.29, 0.717) is 48.7 Å². The van der Waals surface area contributed by atoms with Gasteiger partial charge in [-0.1, -0.05) is 42.5 Å². The van der Waals surface area contributed by atoms with Crippen LogP contribution in [0.2, 0.25) is 0 Å². The number of hydrogen-bond donors (Lipinski definition) is 1. The summed E-state index contributed by atoms with van der Waals surface area (Å²) in [7, 11) is 5.30. The van der Waals surface area contributed by atoms with Crippen molar-refractivity contribution in [1.29, 1.82) is 0 Å². The fourth-order valence-electron chi connectivity index (χ4n) is 7.86. The number of likely N-dealkylation sites (N-methyl/N-ethyl adjacent to an activating group) is 2. The fourth-order valence-corrected chi connectivity index (χ4v) is 7.86. The number of ether oxygens (including phenoxy) is 1. The number of piperazine rings is 2. The van der Waals surface area contributed by atoms with Gasteiger partial charge in [-0.25, -0.2) is 23.2 Å². The minimum atomic E-state index is -0.609. The van der Waals surface area contributed by atoms with Crippen molar-refractivity contribution in [2.75, 3.05) is 89.9 Å². The van der Waals surface area contributed by atoms with Gasteiger partial charge in [0.1, 0.15) is 11.6 Å². The molecule has 0 spiro atoms. The first-order valence-corrected chi connectivity index (χ1v) is 22.3. The van der Waals surface area contributed by atoms with Crippen LogP contribution in [0.25, 0.3) is 22.3 Å². The lowest BCUT2D eigenvalue weighted by molar-refractivity contribution is 0.0600. The zero-order valence-corrected chi connectivity index (χ0v) is 38.4. The van der Waals surface area contributed by atoms with Gasteiger partial charge >= 0.3 is 18.0 Å². The van der Waals surface area contributed by atoms with E-state index in [1.54, 1.807) is 56.5 Å². The molecule has 0 radical (unpaired) electrons. The molecule has 68 heavy (non-hydrogen) atoms. The van der Waals surface area contributed by atoms with Crippen LogP contribution in [0.1, 0.15) is 31.8 Å². The average molecular weight is 924 g/mol. The lowest BCUT2D eigenvalue weighted by Gasteiger charge is -2.36. The normalized spacial score (nSPS) is 14.1. The molecule has 4 heterocycles. The highest BCUT2D eigenvalue weighted by Gasteiger charge is 2.28. The lowest BCUT2D eigenvalue weighted by atomic mass is 10.1. The van der Waals surface area contributed by atoms with E-state index in [9.17, 15) is 28.0 Å². The Morgan fingerprint density at radius 2 is 0.912 bits per heavy atom. The second kappa shape index (κ2) is 22.9. The number of nitrogens with two attached hydrogens (primary N) is 1. The van der Waals surface area contributed by atoms with Gasteiger partial charge in [-0.2, -0.15) is 0 Å². The van der Waals surface area contributed by atoms with Gasteiger partial charge in [0.15, 0.2) is 5.78 Å². The van der Waals surface area contributed by atoms with Crippen LogP contribution in [0.3, 0.4) is 0 Å². The van der Waals surface area contributed by atoms with Crippen molar-refractivity contribution in [3.63, 3.8) is 0 Å². The second-order valence-corrected chi connectivity index (χ2v) is 16.6. The number of pyridine rings is 2. The minimum Gasteiger partial charge on any atom is -0.465 e. The molecule has 6 aromatic rings. The topological polar surface area (TPSA) is 149 Å². The van der Waals surface area contributed by atoms with Gasteiger partial charge in [-0.05, 0) is 103 Å². The lowest BCUT2D eigenvalue weighted by Crippen LogP contribution is -2.52. The summed E-state index contributed by atoms with van der Waals surface area (Å²) in [5.41, 5.74) is 11.7. The van der Waals surface area contributed by atoms with Crippen LogP contribution >= 0.6 is 0 Å². The number of aromatic nitrogens is 2. The Bertz CT molecular complexity index is 2480. The summed E-state index contributed by atoms with van der Waals surface area (Å²) in [6.45, 7) is 5.43. The van der Waals surface area contributed by atoms with Gasteiger partial charge in [0.25, 0.3) is 0 Å². The Labute approximate surface area is 395 Å². The number of esters is 1. The molecule has 2 aliphatic rings. The summed E-state index contributed by atoms with van der Waals surface area (Å²) in [4.78, 5) is 69.8. The Morgan fingerprint density at radius 1 is 0.544 bits per heavy atom. The van der Waals surface area contributed by atoms with Gasteiger partial charge in [-0.15, -0.1) is 0 Å². The molecule has 0 unspecified atom stereocenters. The number of benzene rings is 4. The molecule has 2 aliphatic heterocycles. The number of carbonyl (C=O) groups excluding carboxylic acids is 4. The first kappa shape index (κ1) is 48.5. The van der Waals surface area contributed by atoms with Gasteiger partial charge in [0.2, 0.25) is 0 Å². The van der Waals surface area contributed by atoms with Gasteiger partial charge in [0, 0.05) is 105 Å². The van der Waals surface area contributed by atoms with Crippen LogP contribution in [0.5, 0.6) is 0 Å². The molecule has 4 aromatic carbocycles. The molecule has 0 saturated carbocycles. The van der Waals surface area contributed by atoms with Crippen molar-refractivity contribution < 1.29 is 32.7 Å². The maximum atomic E-state index is 14.9. The number of Topliss-reactive ketones (excluding diaryl/α,β-unsaturated/α-hetero) is 1. The number of methoxy groups -OCH3 is 1. The molecule has 2 N–H and O–H groups in total. The van der Waals surface area contributed by atoms with E-state index in [0.717, 1.165) is 54.5 Å². The van der Waals surface area contributed by atoms with Crippen LogP contribution in [0.15, 0.2) is 134 Å². The summed E-state index contributed by atoms with van der Waals surface area (Å²) < 4.78 is 34.5. The molecular formula is C52H55F2N9O5. The largest absolute Gasteiger partial charge is 0.465 e. The number of ketones is 1. The SMILES string of the molecule is CN1CCN(C(=O)N(Cc2ccc(C(=O)CN)cc2F)c2ccc(-c3ccncc3)cc2)CC1.COC(=O)c1ccc(CN(C(=O)N2CCN(C)CC2)c2ccc(-c3ccncc3)cc2)c(F)c1. The molecule has 0 bridgehead atoms. The summed E-state index contributed by atoms with van der Waals surface area (Å²) in [6, 6.07) is 31.0. The van der Waals surface area contributed by atoms with Crippen molar-refractivity contribution in [2.45, 2.75) is 13.1 Å². The molecular weight excluding hydrogens is 869 g/mol. The number of amides is 4. The molecule has 0 aliphatic carbocycles. The van der Waals surface area contributed by atoms with Crippen molar-refractivity contribution >= 4 is 35.2 Å². The van der Waals surface area contributed by atoms with Crippen LogP contribution in [-0.2, 0) is 17.8 Å². The number of nitrogens with zero attached hydrogens (tertiary/aromatic N) is 8. The number of rotatable bonds is 11. The Balaban J connectivity index is 0.000000201. The predicted molar refractivity (Wildman–Crippen MR) is 258 cm³/mol. The Kier molecular flexibility index (Phi) is 16.3. The monoisotopic (exact) mass is 923 g/mol. The van der Waals surface area contributed by atoms with E-state index in [4.69, 9.17) is 5.73 Å². The van der Waals surface area contributed by atoms with E-state index in [-0.39, 0.29) is 48.6 Å². The quantitative estimate of drug-likeness (QED) is 0.103. The summed E-state index contributed by atoms with van der Waals surface area (Å²) in [5, 5.41) is 0. The molecule has 2 aromatic heterocycles. The first-order valence-electron chi connectivity index (χ1n) is 22.3. The highest BCUT2D eigenvalue weighted by Crippen LogP contribution is 2.28. The number of hydrogen-bond acceptors (Lipinski definition) is 10. The molecule has 14 nitrogen and oxygen atoms in total. The number of halogens is 2. The van der Waals surface area contributed by atoms with Crippen LogP contribution in [-0.4, -0.2) is 133 Å². The van der Waals surface area contributed by atoms with E-state index >= 15 is 0 Å². The summed E-state index contributed by atoms with van der Waals surface area (Å²) >= 11 is 0. The predicted octanol–water partition coefficient (Wildman–Crippen LogP) is 7.45. The highest BCUT2D eigenvalue weighted by molar-refractivity contribution is 5.98. The van der Waals surface area contributed by atoms with Crippen molar-refractivity contribution in [3.05, 3.63) is 168 Å². The van der Waals surface area contributed by atoms with Crippen LogP contribution < -0.4 is 15.5 Å². The minimum absolute atomic E-state index is 0.0348. The molecule has 352 valence electrons. The molecule has 8 rings (SSSR count). The average Bonchev–Trinajstić information content (AvgIpc) is 3.38. The fraction of sp³-hybridized carbons (Fsp3) is 0.269. The third-order valence-electron chi connectivity index (χ3n) is 12.1. The number of urea groups is 2. The van der Waals surface area contributed by atoms with Crippen molar-refractivity contribution in [2.24, 2.45) is 5.73 Å². The summed E-state index contributed by atoms with van der Waals surface area (Å²) in [6.07, 6.45) is 6.92. The van der Waals surface area contributed by atoms with Crippen molar-refractivity contribution in [3.8, 4) is 22.3 Å². The Morgan fingerprint density at radius 3 is 1.28 bits per heavy atom. The maximum absolute atomic E-state index is 14.9. The molecule has 4 amide bonds. The van der Waals surface area contributed by atoms with E-state index < -0.39 is 17.6 Å². The first-order chi connectivity index (χ1) is 32.9. The van der Waals surface area contributed by atoms with Gasteiger partial charge in [-0.3, -0.25) is 24.6 Å². The standard InChI is InChI=1S/C26H28FN5O2.C26H27FN4O3/c1-30-12-14-31(15-13-30)26(34)32(18-22-3-2-21(16-24(22)27)25(33)17-28)23-6-4-19(5-7-23)20-8-10-29-11-9-20;1-29-13-15-30(16-14-29)26(33)31(18-22-4-3-21(17-24(22)27)25(32)34-2)23-7-5-19(6-8-23)20-9-11-28-12-10-20/h2-11,16H,12-15,17-18,28H2,1H3;3-12,17H,13-16,18H2,1-2H3. The molecule has 16 heteroatoms. The second-order valence-electron chi connectivity index (χ2n) is 16.6. The maximum Gasteiger partial charge on any atom is 0.337 e. The number of anilines is 2. The Hall–Kier alpha value is -7.40. The smallest absolute Gasteiger partial charge is 0.337 e. The summed E-state index contributed by atoms with van der Waals surface area (Å²) in [5.74, 6) is -2.04. The third kappa shape index (κ3) is 12.1. The van der Waals surface area contributed by atoms with Crippen LogP contribution in [0.4, 0.5) is 29.7 Å². The number of carbonyl (C=O) groups is 4. The van der Waals surface area contributed by atoms with Gasteiger partial charge < -0.3 is 30.1 Å². The molecule has 0 atom stereocenters. The molecule has 2 fully saturated rings. The zero-order chi connectivity index (χ0) is 48.2.